The number of benzene rings is 1. The van der Waals surface area contributed by atoms with Gasteiger partial charge in [-0.2, -0.15) is 0 Å². The molecule has 2 heterocycles. The SMILES string of the molecule is CC1=C2C(=O)ON=C2CCN1c1ccc(Cl)cc1. The van der Waals surface area contributed by atoms with Crippen molar-refractivity contribution >= 4 is 29.0 Å². The lowest BCUT2D eigenvalue weighted by atomic mass is 10.0. The van der Waals surface area contributed by atoms with Crippen LogP contribution in [0.2, 0.25) is 5.02 Å². The molecule has 1 aromatic rings. The first kappa shape index (κ1) is 11.3. The van der Waals surface area contributed by atoms with Gasteiger partial charge in [-0.15, -0.1) is 0 Å². The summed E-state index contributed by atoms with van der Waals surface area (Å²) in [4.78, 5) is 18.4. The van der Waals surface area contributed by atoms with Crippen LogP contribution in [0.5, 0.6) is 0 Å². The van der Waals surface area contributed by atoms with Gasteiger partial charge in [0.05, 0.1) is 5.71 Å². The molecule has 1 aromatic carbocycles. The molecule has 0 atom stereocenters. The van der Waals surface area contributed by atoms with E-state index in [1.807, 2.05) is 31.2 Å². The molecule has 0 fully saturated rings. The van der Waals surface area contributed by atoms with Crippen LogP contribution in [-0.4, -0.2) is 18.2 Å². The van der Waals surface area contributed by atoms with Crippen LogP contribution >= 0.6 is 11.6 Å². The second-order valence-electron chi connectivity index (χ2n) is 4.26. The molecule has 3 rings (SSSR count). The van der Waals surface area contributed by atoms with E-state index in [1.165, 1.54) is 0 Å². The van der Waals surface area contributed by atoms with Gasteiger partial charge in [-0.25, -0.2) is 4.79 Å². The first-order valence-electron chi connectivity index (χ1n) is 5.69. The van der Waals surface area contributed by atoms with Gasteiger partial charge in [-0.1, -0.05) is 16.8 Å². The van der Waals surface area contributed by atoms with E-state index in [-0.39, 0.29) is 5.97 Å². The van der Waals surface area contributed by atoms with Crippen LogP contribution in [0.4, 0.5) is 5.69 Å². The maximum absolute atomic E-state index is 11.6. The van der Waals surface area contributed by atoms with E-state index >= 15 is 0 Å². The van der Waals surface area contributed by atoms with Crippen molar-refractivity contribution in [2.24, 2.45) is 5.16 Å². The largest absolute Gasteiger partial charge is 0.369 e. The Morgan fingerprint density at radius 1 is 1.33 bits per heavy atom. The first-order chi connectivity index (χ1) is 8.66. The molecular formula is C13H11ClN2O2. The van der Waals surface area contributed by atoms with Gasteiger partial charge in [-0.3, -0.25) is 0 Å². The maximum atomic E-state index is 11.6. The number of fused-ring (bicyclic) bond motifs is 1. The van der Waals surface area contributed by atoms with Gasteiger partial charge < -0.3 is 9.74 Å². The van der Waals surface area contributed by atoms with Crippen LogP contribution in [0.1, 0.15) is 13.3 Å². The van der Waals surface area contributed by atoms with Gasteiger partial charge in [0.25, 0.3) is 0 Å². The number of nitrogens with zero attached hydrogens (tertiary/aromatic N) is 2. The summed E-state index contributed by atoms with van der Waals surface area (Å²) in [5, 5.41) is 4.49. The average molecular weight is 263 g/mol. The van der Waals surface area contributed by atoms with Crippen LogP contribution in [0, 0.1) is 0 Å². The molecule has 0 aromatic heterocycles. The van der Waals surface area contributed by atoms with Crippen LogP contribution in [0.25, 0.3) is 0 Å². The minimum absolute atomic E-state index is 0.360. The number of carbonyl (C=O) groups is 1. The van der Waals surface area contributed by atoms with Gasteiger partial charge in [0.15, 0.2) is 0 Å². The molecule has 18 heavy (non-hydrogen) atoms. The number of hydrogen-bond acceptors (Lipinski definition) is 4. The van der Waals surface area contributed by atoms with E-state index < -0.39 is 0 Å². The third-order valence-corrected chi connectivity index (χ3v) is 3.46. The summed E-state index contributed by atoms with van der Waals surface area (Å²) < 4.78 is 0. The second kappa shape index (κ2) is 4.14. The van der Waals surface area contributed by atoms with Crippen molar-refractivity contribution in [2.75, 3.05) is 11.4 Å². The third-order valence-electron chi connectivity index (χ3n) is 3.21. The molecule has 0 N–H and O–H groups in total. The number of oxime groups is 1. The zero-order valence-corrected chi connectivity index (χ0v) is 10.6. The predicted molar refractivity (Wildman–Crippen MR) is 69.6 cm³/mol. The summed E-state index contributed by atoms with van der Waals surface area (Å²) in [6.07, 6.45) is 0.709. The molecule has 4 nitrogen and oxygen atoms in total. The molecule has 92 valence electrons. The highest BCUT2D eigenvalue weighted by Gasteiger charge is 2.33. The van der Waals surface area contributed by atoms with Crippen molar-refractivity contribution in [3.05, 3.63) is 40.6 Å². The molecule has 0 spiro atoms. The summed E-state index contributed by atoms with van der Waals surface area (Å²) in [6, 6.07) is 7.56. The number of hydrogen-bond donors (Lipinski definition) is 0. The first-order valence-corrected chi connectivity index (χ1v) is 6.07. The highest BCUT2D eigenvalue weighted by molar-refractivity contribution is 6.30. The molecule has 5 heteroatoms. The lowest BCUT2D eigenvalue weighted by Gasteiger charge is -2.30. The summed E-state index contributed by atoms with van der Waals surface area (Å²) in [5.41, 5.74) is 3.24. The minimum Gasteiger partial charge on any atom is -0.344 e. The maximum Gasteiger partial charge on any atom is 0.369 e. The quantitative estimate of drug-likeness (QED) is 0.731. The summed E-state index contributed by atoms with van der Waals surface area (Å²) in [6.45, 7) is 2.69. The van der Waals surface area contributed by atoms with Crippen molar-refractivity contribution in [3.8, 4) is 0 Å². The Labute approximate surface area is 109 Å². The van der Waals surface area contributed by atoms with Crippen molar-refractivity contribution < 1.29 is 9.63 Å². The lowest BCUT2D eigenvalue weighted by molar-refractivity contribution is -0.136. The van der Waals surface area contributed by atoms with E-state index in [4.69, 9.17) is 16.4 Å². The summed E-state index contributed by atoms with van der Waals surface area (Å²) >= 11 is 5.88. The highest BCUT2D eigenvalue weighted by Crippen LogP contribution is 2.30. The fourth-order valence-corrected chi connectivity index (χ4v) is 2.42. The lowest BCUT2D eigenvalue weighted by Crippen LogP contribution is -2.32. The Hall–Kier alpha value is -1.81. The number of anilines is 1. The van der Waals surface area contributed by atoms with Gasteiger partial charge in [0.1, 0.15) is 5.57 Å². The zero-order valence-electron chi connectivity index (χ0n) is 9.81. The van der Waals surface area contributed by atoms with E-state index in [2.05, 4.69) is 10.1 Å². The fourth-order valence-electron chi connectivity index (χ4n) is 2.30. The smallest absolute Gasteiger partial charge is 0.344 e. The average Bonchev–Trinajstić information content (AvgIpc) is 2.74. The zero-order chi connectivity index (χ0) is 12.7. The molecule has 0 saturated heterocycles. The number of rotatable bonds is 1. The van der Waals surface area contributed by atoms with Gasteiger partial charge >= 0.3 is 5.97 Å². The van der Waals surface area contributed by atoms with Gasteiger partial charge in [0.2, 0.25) is 0 Å². The van der Waals surface area contributed by atoms with Crippen molar-refractivity contribution in [3.63, 3.8) is 0 Å². The van der Waals surface area contributed by atoms with Crippen molar-refractivity contribution in [1.82, 2.24) is 0 Å². The van der Waals surface area contributed by atoms with Crippen LogP contribution in [0.15, 0.2) is 40.7 Å². The standard InChI is InChI=1S/C13H11ClN2O2/c1-8-12-11(15-18-13(12)17)6-7-16(8)10-4-2-9(14)3-5-10/h2-5H,6-7H2,1H3. The fraction of sp³-hybridized carbons (Fsp3) is 0.231. The van der Waals surface area contributed by atoms with Crippen LogP contribution in [0.3, 0.4) is 0 Å². The van der Waals surface area contributed by atoms with Crippen molar-refractivity contribution in [2.45, 2.75) is 13.3 Å². The molecule has 0 radical (unpaired) electrons. The van der Waals surface area contributed by atoms with E-state index in [0.29, 0.717) is 17.0 Å². The van der Waals surface area contributed by atoms with Crippen molar-refractivity contribution in [1.29, 1.82) is 0 Å². The predicted octanol–water partition coefficient (Wildman–Crippen LogP) is 2.74. The molecular weight excluding hydrogens is 252 g/mol. The molecule has 2 aliphatic heterocycles. The normalized spacial score (nSPS) is 18.7. The van der Waals surface area contributed by atoms with E-state index in [1.54, 1.807) is 0 Å². The summed E-state index contributed by atoms with van der Waals surface area (Å²) in [7, 11) is 0. The van der Waals surface area contributed by atoms with E-state index in [0.717, 1.165) is 23.6 Å². The number of halogens is 1. The van der Waals surface area contributed by atoms with Gasteiger partial charge in [-0.05, 0) is 31.2 Å². The highest BCUT2D eigenvalue weighted by atomic mass is 35.5. The Morgan fingerprint density at radius 2 is 2.06 bits per heavy atom. The Bertz CT molecular complexity index is 575. The number of allylic oxidation sites excluding steroid dienone is 1. The molecule has 0 amide bonds. The number of carbonyl (C=O) groups excluding carboxylic acids is 1. The van der Waals surface area contributed by atoms with E-state index in [9.17, 15) is 4.79 Å². The molecule has 2 aliphatic rings. The molecule has 0 aliphatic carbocycles. The van der Waals surface area contributed by atoms with Crippen LogP contribution < -0.4 is 4.90 Å². The second-order valence-corrected chi connectivity index (χ2v) is 4.69. The Balaban J connectivity index is 2.02. The van der Waals surface area contributed by atoms with Gasteiger partial charge in [0, 0.05) is 29.4 Å². The summed E-state index contributed by atoms with van der Waals surface area (Å²) in [5.74, 6) is -0.360. The van der Waals surface area contributed by atoms with Crippen LogP contribution in [-0.2, 0) is 9.63 Å². The monoisotopic (exact) mass is 262 g/mol. The minimum atomic E-state index is -0.360. The topological polar surface area (TPSA) is 41.9 Å². The third kappa shape index (κ3) is 1.69. The molecule has 0 bridgehead atoms. The Kier molecular flexibility index (Phi) is 2.59. The molecule has 0 unspecified atom stereocenters. The molecule has 0 saturated carbocycles. The Morgan fingerprint density at radius 3 is 2.78 bits per heavy atom.